The number of hydrogen-bond donors (Lipinski definition) is 1. The van der Waals surface area contributed by atoms with Gasteiger partial charge in [0.15, 0.2) is 11.5 Å². The van der Waals surface area contributed by atoms with Crippen LogP contribution in [0.5, 0.6) is 17.2 Å². The maximum atomic E-state index is 14.7. The minimum atomic E-state index is -4.38. The number of benzene rings is 3. The highest BCUT2D eigenvalue weighted by Crippen LogP contribution is 2.33. The van der Waals surface area contributed by atoms with E-state index in [0.717, 1.165) is 4.31 Å². The molecule has 10 nitrogen and oxygen atoms in total. The number of halogens is 1. The first kappa shape index (κ1) is 34.2. The largest absolute Gasteiger partial charge is 0.494 e. The van der Waals surface area contributed by atoms with Gasteiger partial charge in [-0.05, 0) is 69.7 Å². The molecule has 0 aromatic heterocycles. The molecule has 0 saturated heterocycles. The fraction of sp³-hybridized carbons (Fsp3) is 0.375. The molecule has 0 bridgehead atoms. The Bertz CT molecular complexity index is 1530. The molecule has 12 heteroatoms. The van der Waals surface area contributed by atoms with Gasteiger partial charge >= 0.3 is 0 Å². The molecule has 3 aromatic carbocycles. The summed E-state index contributed by atoms with van der Waals surface area (Å²) in [6.45, 7) is 6.56. The van der Waals surface area contributed by atoms with Gasteiger partial charge in [-0.2, -0.15) is 0 Å². The highest BCUT2D eigenvalue weighted by atomic mass is 32.2. The standard InChI is InChI=1S/C32H40FN3O7S/c1-7-22(3)34-32(38)23(4)35(20-24-11-9-10-12-28(24)33)31(37)21-36(25-13-15-26(16-14-25)43-8-2)44(39,40)27-17-18-29(41-5)30(19-27)42-6/h9-19,22-23H,7-8,20-21H2,1-6H3,(H,34,38)/t22-,23+/m1/s1. The molecule has 2 atom stereocenters. The molecule has 0 aliphatic carbocycles. The van der Waals surface area contributed by atoms with Crippen LogP contribution in [0.15, 0.2) is 71.6 Å². The number of anilines is 1. The summed E-state index contributed by atoms with van der Waals surface area (Å²) in [5, 5.41) is 2.85. The topological polar surface area (TPSA) is 114 Å². The fourth-order valence-corrected chi connectivity index (χ4v) is 5.80. The summed E-state index contributed by atoms with van der Waals surface area (Å²) >= 11 is 0. The molecule has 3 aromatic rings. The third kappa shape index (κ3) is 8.19. The molecular weight excluding hydrogens is 589 g/mol. The molecule has 2 amide bonds. The number of nitrogens with one attached hydrogen (secondary N) is 1. The lowest BCUT2D eigenvalue weighted by molar-refractivity contribution is -0.139. The number of sulfonamides is 1. The number of methoxy groups -OCH3 is 2. The summed E-state index contributed by atoms with van der Waals surface area (Å²) in [7, 11) is -1.57. The molecule has 0 aliphatic rings. The van der Waals surface area contributed by atoms with Crippen molar-refractivity contribution >= 4 is 27.5 Å². The quantitative estimate of drug-likeness (QED) is 0.258. The molecule has 238 valence electrons. The van der Waals surface area contributed by atoms with Crippen molar-refractivity contribution in [2.24, 2.45) is 0 Å². The van der Waals surface area contributed by atoms with Crippen LogP contribution in [0.25, 0.3) is 0 Å². The zero-order chi connectivity index (χ0) is 32.4. The Hall–Kier alpha value is -4.32. The van der Waals surface area contributed by atoms with Crippen LogP contribution in [0.1, 0.15) is 39.7 Å². The highest BCUT2D eigenvalue weighted by Gasteiger charge is 2.33. The molecule has 1 N–H and O–H groups in total. The van der Waals surface area contributed by atoms with E-state index in [4.69, 9.17) is 14.2 Å². The van der Waals surface area contributed by atoms with E-state index in [9.17, 15) is 22.4 Å². The number of ether oxygens (including phenoxy) is 3. The summed E-state index contributed by atoms with van der Waals surface area (Å²) in [6.07, 6.45) is 0.662. The van der Waals surface area contributed by atoms with Gasteiger partial charge in [-0.25, -0.2) is 12.8 Å². The van der Waals surface area contributed by atoms with Gasteiger partial charge in [0.1, 0.15) is 24.2 Å². The summed E-state index contributed by atoms with van der Waals surface area (Å²) < 4.78 is 60.1. The summed E-state index contributed by atoms with van der Waals surface area (Å²) in [4.78, 5) is 28.3. The third-order valence-corrected chi connectivity index (χ3v) is 8.89. The zero-order valence-corrected chi connectivity index (χ0v) is 26.7. The smallest absolute Gasteiger partial charge is 0.264 e. The minimum Gasteiger partial charge on any atom is -0.494 e. The predicted octanol–water partition coefficient (Wildman–Crippen LogP) is 4.77. The van der Waals surface area contributed by atoms with E-state index in [0.29, 0.717) is 24.5 Å². The zero-order valence-electron chi connectivity index (χ0n) is 25.9. The van der Waals surface area contributed by atoms with Crippen molar-refractivity contribution in [3.05, 3.63) is 78.1 Å². The van der Waals surface area contributed by atoms with E-state index in [1.807, 2.05) is 20.8 Å². The van der Waals surface area contributed by atoms with Crippen molar-refractivity contribution in [1.82, 2.24) is 10.2 Å². The van der Waals surface area contributed by atoms with Gasteiger partial charge in [0.25, 0.3) is 10.0 Å². The van der Waals surface area contributed by atoms with Crippen LogP contribution in [-0.2, 0) is 26.2 Å². The average molecular weight is 630 g/mol. The van der Waals surface area contributed by atoms with Crippen molar-refractivity contribution in [1.29, 1.82) is 0 Å². The SMILES string of the molecule is CCOc1ccc(N(CC(=O)N(Cc2ccccc2F)[C@@H](C)C(=O)N[C@H](C)CC)S(=O)(=O)c2ccc(OC)c(OC)c2)cc1. The van der Waals surface area contributed by atoms with Gasteiger partial charge in [0, 0.05) is 24.2 Å². The van der Waals surface area contributed by atoms with Crippen molar-refractivity contribution < 1.29 is 36.6 Å². The molecule has 44 heavy (non-hydrogen) atoms. The van der Waals surface area contributed by atoms with Crippen molar-refractivity contribution in [3.8, 4) is 17.2 Å². The first-order valence-electron chi connectivity index (χ1n) is 14.3. The van der Waals surface area contributed by atoms with Crippen LogP contribution in [0, 0.1) is 5.82 Å². The monoisotopic (exact) mass is 629 g/mol. The Morgan fingerprint density at radius 2 is 1.59 bits per heavy atom. The molecule has 0 radical (unpaired) electrons. The van der Waals surface area contributed by atoms with Crippen molar-refractivity contribution in [2.45, 2.75) is 57.6 Å². The molecule has 0 aliphatic heterocycles. The Morgan fingerprint density at radius 1 is 0.932 bits per heavy atom. The normalized spacial score (nSPS) is 12.5. The maximum Gasteiger partial charge on any atom is 0.264 e. The van der Waals surface area contributed by atoms with Crippen LogP contribution in [0.3, 0.4) is 0 Å². The number of carbonyl (C=O) groups excluding carboxylic acids is 2. The van der Waals surface area contributed by atoms with Gasteiger partial charge in [-0.1, -0.05) is 25.1 Å². The van der Waals surface area contributed by atoms with E-state index in [2.05, 4.69) is 5.32 Å². The van der Waals surface area contributed by atoms with E-state index in [1.54, 1.807) is 18.2 Å². The lowest BCUT2D eigenvalue weighted by Gasteiger charge is -2.32. The Labute approximate surface area is 258 Å². The van der Waals surface area contributed by atoms with Gasteiger partial charge in [0.05, 0.1) is 31.4 Å². The number of carbonyl (C=O) groups is 2. The molecule has 0 fully saturated rings. The minimum absolute atomic E-state index is 0.153. The molecule has 0 saturated carbocycles. The second-order valence-electron chi connectivity index (χ2n) is 10.1. The van der Waals surface area contributed by atoms with Crippen LogP contribution in [-0.4, -0.2) is 64.6 Å². The number of rotatable bonds is 15. The Morgan fingerprint density at radius 3 is 2.18 bits per heavy atom. The van der Waals surface area contributed by atoms with E-state index < -0.39 is 40.2 Å². The van der Waals surface area contributed by atoms with E-state index in [1.165, 1.54) is 74.6 Å². The van der Waals surface area contributed by atoms with Crippen molar-refractivity contribution in [2.75, 3.05) is 31.7 Å². The molecule has 0 spiro atoms. The lowest BCUT2D eigenvalue weighted by Crippen LogP contribution is -2.52. The first-order valence-corrected chi connectivity index (χ1v) is 15.7. The fourth-order valence-electron chi connectivity index (χ4n) is 4.37. The molecule has 0 heterocycles. The second-order valence-corrected chi connectivity index (χ2v) is 11.9. The molecule has 0 unspecified atom stereocenters. The number of nitrogens with zero attached hydrogens (tertiary/aromatic N) is 2. The second kappa shape index (κ2) is 15.4. The van der Waals surface area contributed by atoms with Gasteiger partial charge in [-0.3, -0.25) is 13.9 Å². The molecular formula is C32H40FN3O7S. The third-order valence-electron chi connectivity index (χ3n) is 7.12. The summed E-state index contributed by atoms with van der Waals surface area (Å²) in [6, 6.07) is 15.1. The number of amides is 2. The number of hydrogen-bond acceptors (Lipinski definition) is 7. The van der Waals surface area contributed by atoms with Gasteiger partial charge < -0.3 is 24.4 Å². The van der Waals surface area contributed by atoms with Gasteiger partial charge in [0.2, 0.25) is 11.8 Å². The highest BCUT2D eigenvalue weighted by molar-refractivity contribution is 7.92. The maximum absolute atomic E-state index is 14.7. The summed E-state index contributed by atoms with van der Waals surface area (Å²) in [5.41, 5.74) is 0.360. The molecule has 3 rings (SSSR count). The van der Waals surface area contributed by atoms with Crippen LogP contribution in [0.2, 0.25) is 0 Å². The van der Waals surface area contributed by atoms with Crippen LogP contribution >= 0.6 is 0 Å². The average Bonchev–Trinajstić information content (AvgIpc) is 3.02. The Balaban J connectivity index is 2.09. The summed E-state index contributed by atoms with van der Waals surface area (Å²) in [5.74, 6) is -0.684. The van der Waals surface area contributed by atoms with Gasteiger partial charge in [-0.15, -0.1) is 0 Å². The Kier molecular flexibility index (Phi) is 12.0. The first-order chi connectivity index (χ1) is 21.0. The predicted molar refractivity (Wildman–Crippen MR) is 166 cm³/mol. The van der Waals surface area contributed by atoms with E-state index in [-0.39, 0.29) is 34.5 Å². The van der Waals surface area contributed by atoms with E-state index >= 15 is 0 Å². The van der Waals surface area contributed by atoms with Crippen LogP contribution in [0.4, 0.5) is 10.1 Å². The van der Waals surface area contributed by atoms with Crippen LogP contribution < -0.4 is 23.8 Å². The van der Waals surface area contributed by atoms with Crippen molar-refractivity contribution in [3.63, 3.8) is 0 Å². The lowest BCUT2D eigenvalue weighted by atomic mass is 10.1.